The van der Waals surface area contributed by atoms with Gasteiger partial charge in [0.1, 0.15) is 12.1 Å². The summed E-state index contributed by atoms with van der Waals surface area (Å²) in [5.74, 6) is 0.878. The third kappa shape index (κ3) is 3.15. The topological polar surface area (TPSA) is 66.4 Å². The molecule has 3 aromatic rings. The van der Waals surface area contributed by atoms with Gasteiger partial charge in [-0.25, -0.2) is 4.79 Å². The molecule has 1 aliphatic rings. The molecule has 0 radical (unpaired) electrons. The number of H-pyrrole nitrogens is 1. The van der Waals surface area contributed by atoms with Crippen molar-refractivity contribution in [3.05, 3.63) is 65.3 Å². The van der Waals surface area contributed by atoms with Crippen molar-refractivity contribution in [2.24, 2.45) is 0 Å². The van der Waals surface area contributed by atoms with E-state index in [0.717, 1.165) is 43.3 Å². The molecule has 7 heteroatoms. The van der Waals surface area contributed by atoms with Crippen LogP contribution in [0.4, 0.5) is 11.4 Å². The molecule has 26 heavy (non-hydrogen) atoms. The van der Waals surface area contributed by atoms with E-state index in [-0.39, 0.29) is 5.69 Å². The number of ether oxygens (including phenoxy) is 1. The van der Waals surface area contributed by atoms with Crippen molar-refractivity contribution in [2.75, 3.05) is 43.1 Å². The van der Waals surface area contributed by atoms with Gasteiger partial charge in [-0.1, -0.05) is 0 Å². The van der Waals surface area contributed by atoms with E-state index >= 15 is 0 Å². The molecule has 1 aromatic heterocycles. The zero-order valence-corrected chi connectivity index (χ0v) is 14.6. The third-order valence-electron chi connectivity index (χ3n) is 4.73. The number of hydrogen-bond donors (Lipinski definition) is 1. The average molecular weight is 351 g/mol. The van der Waals surface area contributed by atoms with Crippen LogP contribution in [0.25, 0.3) is 5.69 Å². The van der Waals surface area contributed by atoms with Gasteiger partial charge in [0, 0.05) is 37.6 Å². The number of anilines is 2. The minimum Gasteiger partial charge on any atom is -0.497 e. The fourth-order valence-corrected chi connectivity index (χ4v) is 3.26. The zero-order valence-electron chi connectivity index (χ0n) is 14.6. The molecule has 7 nitrogen and oxygen atoms in total. The Labute approximate surface area is 151 Å². The first kappa shape index (κ1) is 16.3. The second kappa shape index (κ2) is 6.95. The maximum absolute atomic E-state index is 11.6. The highest BCUT2D eigenvalue weighted by atomic mass is 16.5. The lowest BCUT2D eigenvalue weighted by Crippen LogP contribution is -2.46. The van der Waals surface area contributed by atoms with E-state index in [1.807, 2.05) is 36.4 Å². The number of nitrogens with one attached hydrogen (secondary N) is 1. The van der Waals surface area contributed by atoms with Gasteiger partial charge < -0.3 is 14.5 Å². The lowest BCUT2D eigenvalue weighted by atomic mass is 10.2. The molecule has 0 spiro atoms. The molecule has 0 bridgehead atoms. The minimum atomic E-state index is -0.231. The van der Waals surface area contributed by atoms with Gasteiger partial charge in [0.25, 0.3) is 0 Å². The monoisotopic (exact) mass is 351 g/mol. The van der Waals surface area contributed by atoms with Crippen LogP contribution in [0, 0.1) is 0 Å². The molecule has 0 amide bonds. The second-order valence-corrected chi connectivity index (χ2v) is 6.19. The van der Waals surface area contributed by atoms with Crippen molar-refractivity contribution < 1.29 is 4.74 Å². The van der Waals surface area contributed by atoms with Gasteiger partial charge in [0.05, 0.1) is 12.8 Å². The van der Waals surface area contributed by atoms with Gasteiger partial charge >= 0.3 is 5.69 Å². The highest BCUT2D eigenvalue weighted by Gasteiger charge is 2.17. The normalized spacial score (nSPS) is 14.5. The molecular weight excluding hydrogens is 330 g/mol. The van der Waals surface area contributed by atoms with E-state index in [1.165, 1.54) is 16.7 Å². The average Bonchev–Trinajstić information content (AvgIpc) is 3.14. The smallest absolute Gasteiger partial charge is 0.347 e. The Morgan fingerprint density at radius 3 is 1.81 bits per heavy atom. The van der Waals surface area contributed by atoms with Gasteiger partial charge in [-0.3, -0.25) is 4.98 Å². The predicted molar refractivity (Wildman–Crippen MR) is 102 cm³/mol. The SMILES string of the molecule is COc1ccc(N2CCN(c3ccc(-n4nc[nH]c4=O)cc3)CC2)cc1. The quantitative estimate of drug-likeness (QED) is 0.778. The van der Waals surface area contributed by atoms with Gasteiger partial charge in [0.2, 0.25) is 0 Å². The van der Waals surface area contributed by atoms with Crippen molar-refractivity contribution >= 4 is 11.4 Å². The van der Waals surface area contributed by atoms with Crippen LogP contribution in [0.1, 0.15) is 0 Å². The first-order valence-corrected chi connectivity index (χ1v) is 8.62. The minimum absolute atomic E-state index is 0.231. The van der Waals surface area contributed by atoms with Crippen molar-refractivity contribution in [1.29, 1.82) is 0 Å². The molecule has 0 aliphatic carbocycles. The maximum atomic E-state index is 11.6. The summed E-state index contributed by atoms with van der Waals surface area (Å²) in [4.78, 5) is 18.9. The van der Waals surface area contributed by atoms with Crippen molar-refractivity contribution in [3.8, 4) is 11.4 Å². The summed E-state index contributed by atoms with van der Waals surface area (Å²) in [6.45, 7) is 3.83. The van der Waals surface area contributed by atoms with Crippen molar-refractivity contribution in [2.45, 2.75) is 0 Å². The number of hydrogen-bond acceptors (Lipinski definition) is 5. The summed E-state index contributed by atoms with van der Waals surface area (Å²) in [5, 5.41) is 4.00. The summed E-state index contributed by atoms with van der Waals surface area (Å²) < 4.78 is 6.57. The Morgan fingerprint density at radius 2 is 1.35 bits per heavy atom. The number of nitrogens with zero attached hydrogens (tertiary/aromatic N) is 4. The van der Waals surface area contributed by atoms with Gasteiger partial charge in [0.15, 0.2) is 0 Å². The van der Waals surface area contributed by atoms with E-state index in [0.29, 0.717) is 0 Å². The number of rotatable bonds is 4. The molecule has 2 aromatic carbocycles. The zero-order chi connectivity index (χ0) is 17.9. The molecule has 0 unspecified atom stereocenters. The van der Waals surface area contributed by atoms with Gasteiger partial charge in [-0.15, -0.1) is 0 Å². The summed E-state index contributed by atoms with van der Waals surface area (Å²) >= 11 is 0. The number of piperazine rings is 1. The molecule has 0 saturated carbocycles. The summed E-state index contributed by atoms with van der Waals surface area (Å²) in [6, 6.07) is 16.1. The molecule has 134 valence electrons. The molecule has 0 atom stereocenters. The molecule has 1 N–H and O–H groups in total. The second-order valence-electron chi connectivity index (χ2n) is 6.19. The summed E-state index contributed by atoms with van der Waals surface area (Å²) in [6.07, 6.45) is 1.40. The van der Waals surface area contributed by atoms with E-state index in [1.54, 1.807) is 7.11 Å². The first-order chi connectivity index (χ1) is 12.7. The predicted octanol–water partition coefficient (Wildman–Crippen LogP) is 1.90. The highest BCUT2D eigenvalue weighted by Crippen LogP contribution is 2.23. The first-order valence-electron chi connectivity index (χ1n) is 8.62. The lowest BCUT2D eigenvalue weighted by molar-refractivity contribution is 0.415. The Balaban J connectivity index is 1.41. The number of methoxy groups -OCH3 is 1. The van der Waals surface area contributed by atoms with Crippen LogP contribution >= 0.6 is 0 Å². The fraction of sp³-hybridized carbons (Fsp3) is 0.263. The number of benzene rings is 2. The van der Waals surface area contributed by atoms with Crippen LogP contribution in [0.5, 0.6) is 5.75 Å². The summed E-state index contributed by atoms with van der Waals surface area (Å²) in [5.41, 5.74) is 2.91. The number of aromatic amines is 1. The van der Waals surface area contributed by atoms with Crippen LogP contribution in [-0.2, 0) is 0 Å². The van der Waals surface area contributed by atoms with Crippen molar-refractivity contribution in [1.82, 2.24) is 14.8 Å². The van der Waals surface area contributed by atoms with E-state index < -0.39 is 0 Å². The molecular formula is C19H21N5O2. The largest absolute Gasteiger partial charge is 0.497 e. The van der Waals surface area contributed by atoms with Gasteiger partial charge in [-0.2, -0.15) is 9.78 Å². The van der Waals surface area contributed by atoms with E-state index in [4.69, 9.17) is 4.74 Å². The Morgan fingerprint density at radius 1 is 0.846 bits per heavy atom. The van der Waals surface area contributed by atoms with Crippen molar-refractivity contribution in [3.63, 3.8) is 0 Å². The Hall–Kier alpha value is -3.22. The lowest BCUT2D eigenvalue weighted by Gasteiger charge is -2.37. The van der Waals surface area contributed by atoms with E-state index in [9.17, 15) is 4.79 Å². The molecule has 4 rings (SSSR count). The maximum Gasteiger partial charge on any atom is 0.347 e. The van der Waals surface area contributed by atoms with Crippen LogP contribution in [0.15, 0.2) is 59.7 Å². The summed E-state index contributed by atoms with van der Waals surface area (Å²) in [7, 11) is 1.68. The molecule has 1 saturated heterocycles. The van der Waals surface area contributed by atoms with Crippen LogP contribution in [0.2, 0.25) is 0 Å². The van der Waals surface area contributed by atoms with Crippen LogP contribution in [0.3, 0.4) is 0 Å². The van der Waals surface area contributed by atoms with Crippen LogP contribution < -0.4 is 20.2 Å². The third-order valence-corrected chi connectivity index (χ3v) is 4.73. The molecule has 1 fully saturated rings. The van der Waals surface area contributed by atoms with Crippen LogP contribution in [-0.4, -0.2) is 48.1 Å². The Bertz CT molecular complexity index is 906. The Kier molecular flexibility index (Phi) is 4.35. The molecule has 2 heterocycles. The van der Waals surface area contributed by atoms with Gasteiger partial charge in [-0.05, 0) is 48.5 Å². The standard InChI is InChI=1S/C19H21N5O2/c1-26-18-8-6-16(7-9-18)23-12-10-22(11-13-23)15-2-4-17(5-3-15)24-19(25)20-14-21-24/h2-9,14H,10-13H2,1H3,(H,20,21,25). The fourth-order valence-electron chi connectivity index (χ4n) is 3.26. The van der Waals surface area contributed by atoms with E-state index in [2.05, 4.69) is 32.0 Å². The number of aromatic nitrogens is 3. The molecule has 1 aliphatic heterocycles. The highest BCUT2D eigenvalue weighted by molar-refractivity contribution is 5.54.